The fraction of sp³-hybridized carbons (Fsp3) is 0.200. The minimum atomic E-state index is -0.529. The molecule has 2 amide bonds. The predicted octanol–water partition coefficient (Wildman–Crippen LogP) is 3.26. The van der Waals surface area contributed by atoms with Crippen LogP contribution in [-0.2, 0) is 17.9 Å². The number of aromatic nitrogens is 3. The third kappa shape index (κ3) is 4.97. The van der Waals surface area contributed by atoms with Crippen molar-refractivity contribution in [3.63, 3.8) is 0 Å². The molecule has 0 bridgehead atoms. The van der Waals surface area contributed by atoms with Crippen LogP contribution in [0.1, 0.15) is 27.3 Å². The van der Waals surface area contributed by atoms with Crippen molar-refractivity contribution in [3.8, 4) is 0 Å². The van der Waals surface area contributed by atoms with Crippen LogP contribution in [0.3, 0.4) is 0 Å². The van der Waals surface area contributed by atoms with Crippen molar-refractivity contribution in [2.24, 2.45) is 0 Å². The molecule has 0 aliphatic carbocycles. The third-order valence-corrected chi connectivity index (χ3v) is 4.74. The van der Waals surface area contributed by atoms with Gasteiger partial charge in [-0.15, -0.1) is 5.10 Å². The first-order valence-corrected chi connectivity index (χ1v) is 9.20. The van der Waals surface area contributed by atoms with Gasteiger partial charge in [0.05, 0.1) is 5.69 Å². The Bertz CT molecular complexity index is 1070. The molecule has 0 fully saturated rings. The average Bonchev–Trinajstić information content (AvgIpc) is 3.04. The smallest absolute Gasteiger partial charge is 0.278 e. The van der Waals surface area contributed by atoms with E-state index in [0.29, 0.717) is 22.0 Å². The number of carbonyl (C=O) groups excluding carboxylic acids is 2. The summed E-state index contributed by atoms with van der Waals surface area (Å²) in [6, 6.07) is 11.3. The Hall–Kier alpha value is -3.26. The lowest BCUT2D eigenvalue weighted by atomic mass is 10.2. The van der Waals surface area contributed by atoms with Gasteiger partial charge in [-0.05, 0) is 43.2 Å². The van der Waals surface area contributed by atoms with Crippen LogP contribution in [-0.4, -0.2) is 26.8 Å². The quantitative estimate of drug-likeness (QED) is 0.646. The molecule has 0 saturated carbocycles. The Balaban J connectivity index is 1.64. The first-order valence-electron chi connectivity index (χ1n) is 8.83. The van der Waals surface area contributed by atoms with Gasteiger partial charge in [0.2, 0.25) is 5.91 Å². The minimum Gasteiger partial charge on any atom is -0.350 e. The van der Waals surface area contributed by atoms with Crippen molar-refractivity contribution in [2.75, 3.05) is 5.32 Å². The number of halogens is 2. The number of hydrogen-bond donors (Lipinski definition) is 2. The number of amides is 2. The molecule has 1 aromatic heterocycles. The normalized spacial score (nSPS) is 10.6. The van der Waals surface area contributed by atoms with Crippen molar-refractivity contribution in [3.05, 3.63) is 75.8 Å². The molecule has 3 aromatic rings. The minimum absolute atomic E-state index is 0.0626. The zero-order chi connectivity index (χ0) is 21.0. The number of nitrogens with one attached hydrogen (secondary N) is 2. The molecule has 1 heterocycles. The highest BCUT2D eigenvalue weighted by Gasteiger charge is 2.19. The van der Waals surface area contributed by atoms with Gasteiger partial charge >= 0.3 is 0 Å². The van der Waals surface area contributed by atoms with Crippen molar-refractivity contribution in [1.29, 1.82) is 0 Å². The molecule has 7 nitrogen and oxygen atoms in total. The van der Waals surface area contributed by atoms with E-state index in [9.17, 15) is 14.0 Å². The summed E-state index contributed by atoms with van der Waals surface area (Å²) in [5.74, 6) is -1.29. The Morgan fingerprint density at radius 1 is 1.17 bits per heavy atom. The number of benzene rings is 2. The van der Waals surface area contributed by atoms with Crippen molar-refractivity contribution >= 4 is 29.1 Å². The third-order valence-electron chi connectivity index (χ3n) is 4.37. The molecule has 2 aromatic carbocycles. The second kappa shape index (κ2) is 8.83. The van der Waals surface area contributed by atoms with Gasteiger partial charge in [0, 0.05) is 17.3 Å². The molecule has 0 spiro atoms. The summed E-state index contributed by atoms with van der Waals surface area (Å²) in [7, 11) is 0. The van der Waals surface area contributed by atoms with Gasteiger partial charge in [-0.2, -0.15) is 0 Å². The van der Waals surface area contributed by atoms with E-state index in [2.05, 4.69) is 20.9 Å². The van der Waals surface area contributed by atoms with Gasteiger partial charge in [0.1, 0.15) is 12.4 Å². The summed E-state index contributed by atoms with van der Waals surface area (Å²) >= 11 is 6.07. The second-order valence-corrected chi connectivity index (χ2v) is 6.87. The number of anilines is 1. The van der Waals surface area contributed by atoms with E-state index in [-0.39, 0.29) is 24.7 Å². The van der Waals surface area contributed by atoms with Crippen LogP contribution in [0.25, 0.3) is 0 Å². The van der Waals surface area contributed by atoms with Crippen LogP contribution in [0.5, 0.6) is 0 Å². The largest absolute Gasteiger partial charge is 0.350 e. The number of hydrogen-bond acceptors (Lipinski definition) is 4. The first kappa shape index (κ1) is 20.5. The molecule has 0 saturated heterocycles. The Labute approximate surface area is 171 Å². The van der Waals surface area contributed by atoms with Gasteiger partial charge in [0.25, 0.3) is 5.91 Å². The topological polar surface area (TPSA) is 88.9 Å². The maximum Gasteiger partial charge on any atom is 0.278 e. The molecule has 0 atom stereocenters. The zero-order valence-corrected chi connectivity index (χ0v) is 16.6. The average molecular weight is 416 g/mol. The lowest BCUT2D eigenvalue weighted by molar-refractivity contribution is -0.122. The number of rotatable bonds is 6. The maximum absolute atomic E-state index is 13.4. The van der Waals surface area contributed by atoms with Gasteiger partial charge in [-0.25, -0.2) is 9.07 Å². The zero-order valence-electron chi connectivity index (χ0n) is 15.9. The van der Waals surface area contributed by atoms with Crippen molar-refractivity contribution < 1.29 is 14.0 Å². The fourth-order valence-electron chi connectivity index (χ4n) is 2.66. The SMILES string of the molecule is Cc1ccc(F)cc1NC(=O)c1nnn(CC(=O)NCc2ccccc2Cl)c1C. The summed E-state index contributed by atoms with van der Waals surface area (Å²) < 4.78 is 14.7. The monoisotopic (exact) mass is 415 g/mol. The van der Waals surface area contributed by atoms with Gasteiger partial charge in [-0.3, -0.25) is 9.59 Å². The molecule has 0 aliphatic rings. The van der Waals surface area contributed by atoms with E-state index in [1.165, 1.54) is 16.8 Å². The van der Waals surface area contributed by atoms with E-state index in [1.54, 1.807) is 26.0 Å². The van der Waals surface area contributed by atoms with Crippen LogP contribution in [0, 0.1) is 19.7 Å². The summed E-state index contributed by atoms with van der Waals surface area (Å²) in [4.78, 5) is 24.7. The highest BCUT2D eigenvalue weighted by Crippen LogP contribution is 2.17. The van der Waals surface area contributed by atoms with Crippen LogP contribution < -0.4 is 10.6 Å². The Morgan fingerprint density at radius 2 is 1.93 bits per heavy atom. The van der Waals surface area contributed by atoms with Gasteiger partial charge in [0.15, 0.2) is 5.69 Å². The summed E-state index contributed by atoms with van der Waals surface area (Å²) in [6.07, 6.45) is 0. The molecule has 3 rings (SSSR count). The van der Waals surface area contributed by atoms with E-state index in [0.717, 1.165) is 5.56 Å². The molecule has 0 unspecified atom stereocenters. The summed E-state index contributed by atoms with van der Waals surface area (Å²) in [5, 5.41) is 13.7. The maximum atomic E-state index is 13.4. The molecular formula is C20H19ClFN5O2. The number of aryl methyl sites for hydroxylation is 1. The van der Waals surface area contributed by atoms with E-state index in [4.69, 9.17) is 11.6 Å². The van der Waals surface area contributed by atoms with Crippen LogP contribution in [0.2, 0.25) is 5.02 Å². The second-order valence-electron chi connectivity index (χ2n) is 6.46. The van der Waals surface area contributed by atoms with Gasteiger partial charge < -0.3 is 10.6 Å². The van der Waals surface area contributed by atoms with Crippen LogP contribution >= 0.6 is 11.6 Å². The Kier molecular flexibility index (Phi) is 6.23. The van der Waals surface area contributed by atoms with Gasteiger partial charge in [-0.1, -0.05) is 41.1 Å². The van der Waals surface area contributed by atoms with E-state index in [1.807, 2.05) is 18.2 Å². The molecule has 2 N–H and O–H groups in total. The summed E-state index contributed by atoms with van der Waals surface area (Å²) in [6.45, 7) is 3.56. The van der Waals surface area contributed by atoms with Crippen molar-refractivity contribution in [1.82, 2.24) is 20.3 Å². The molecule has 150 valence electrons. The van der Waals surface area contributed by atoms with E-state index < -0.39 is 11.7 Å². The number of nitrogens with zero attached hydrogens (tertiary/aromatic N) is 3. The molecule has 29 heavy (non-hydrogen) atoms. The summed E-state index contributed by atoms with van der Waals surface area (Å²) in [5.41, 5.74) is 2.34. The van der Waals surface area contributed by atoms with Crippen LogP contribution in [0.15, 0.2) is 42.5 Å². The fourth-order valence-corrected chi connectivity index (χ4v) is 2.86. The molecule has 0 aliphatic heterocycles. The predicted molar refractivity (Wildman–Crippen MR) is 107 cm³/mol. The highest BCUT2D eigenvalue weighted by molar-refractivity contribution is 6.31. The highest BCUT2D eigenvalue weighted by atomic mass is 35.5. The number of carbonyl (C=O) groups is 2. The molecule has 0 radical (unpaired) electrons. The molecule has 9 heteroatoms. The lowest BCUT2D eigenvalue weighted by Gasteiger charge is -2.09. The lowest BCUT2D eigenvalue weighted by Crippen LogP contribution is -2.28. The van der Waals surface area contributed by atoms with Crippen LogP contribution in [0.4, 0.5) is 10.1 Å². The molecular weight excluding hydrogens is 397 g/mol. The Morgan fingerprint density at radius 3 is 2.69 bits per heavy atom. The van der Waals surface area contributed by atoms with E-state index >= 15 is 0 Å². The first-order chi connectivity index (χ1) is 13.8. The standard InChI is InChI=1S/C20H19ClFN5O2/c1-12-7-8-15(22)9-17(12)24-20(29)19-13(2)27(26-25-19)11-18(28)23-10-14-5-3-4-6-16(14)21/h3-9H,10-11H2,1-2H3,(H,23,28)(H,24,29). The van der Waals surface area contributed by atoms with Crippen molar-refractivity contribution in [2.45, 2.75) is 26.9 Å².